The number of nitrogens with one attached hydrogen (secondary N) is 1. The van der Waals surface area contributed by atoms with Crippen molar-refractivity contribution in [1.82, 2.24) is 5.32 Å². The van der Waals surface area contributed by atoms with Gasteiger partial charge in [-0.25, -0.2) is 0 Å². The predicted octanol–water partition coefficient (Wildman–Crippen LogP) is 2.89. The van der Waals surface area contributed by atoms with Crippen LogP contribution in [0.5, 0.6) is 0 Å². The minimum Gasteiger partial charge on any atom is -0.389 e. The normalized spacial score (nSPS) is 12.9. The highest BCUT2D eigenvalue weighted by Crippen LogP contribution is 2.13. The quantitative estimate of drug-likeness (QED) is 0.637. The molecule has 0 radical (unpaired) electrons. The van der Waals surface area contributed by atoms with Gasteiger partial charge in [-0.15, -0.1) is 12.4 Å². The Hall–Kier alpha value is -1.72. The number of carbonyl (C=O) groups excluding carboxylic acids is 1. The number of rotatable bonds is 10. The second-order valence-corrected chi connectivity index (χ2v) is 5.70. The Balaban J connectivity index is 0.00000312. The molecule has 0 aliphatic rings. The minimum absolute atomic E-state index is 0. The van der Waals surface area contributed by atoms with E-state index in [0.29, 0.717) is 18.5 Å². The molecule has 2 unspecified atom stereocenters. The number of aliphatic hydroxyl groups is 1. The van der Waals surface area contributed by atoms with Gasteiger partial charge in [-0.2, -0.15) is 0 Å². The van der Waals surface area contributed by atoms with Gasteiger partial charge in [0.25, 0.3) is 0 Å². The summed E-state index contributed by atoms with van der Waals surface area (Å²) in [5, 5.41) is 13.0. The molecule has 0 aliphatic carbocycles. The van der Waals surface area contributed by atoms with Gasteiger partial charge in [-0.3, -0.25) is 4.79 Å². The van der Waals surface area contributed by atoms with E-state index in [4.69, 9.17) is 4.74 Å². The van der Waals surface area contributed by atoms with E-state index in [2.05, 4.69) is 5.32 Å². The van der Waals surface area contributed by atoms with E-state index in [1.807, 2.05) is 55.5 Å². The molecule has 0 amide bonds. The fourth-order valence-electron chi connectivity index (χ4n) is 2.44. The predicted molar refractivity (Wildman–Crippen MR) is 102 cm³/mol. The van der Waals surface area contributed by atoms with Crippen LogP contribution in [0.4, 0.5) is 0 Å². The Bertz CT molecular complexity index is 607. The Morgan fingerprint density at radius 3 is 2.28 bits per heavy atom. The zero-order valence-electron chi connectivity index (χ0n) is 14.4. The van der Waals surface area contributed by atoms with Crippen LogP contribution in [0, 0.1) is 0 Å². The van der Waals surface area contributed by atoms with Crippen molar-refractivity contribution in [2.24, 2.45) is 0 Å². The largest absolute Gasteiger partial charge is 0.389 e. The number of ether oxygens (including phenoxy) is 1. The highest BCUT2D eigenvalue weighted by Gasteiger charge is 2.22. The van der Waals surface area contributed by atoms with E-state index in [1.165, 1.54) is 0 Å². The molecular formula is C20H26ClNO3. The molecule has 0 heterocycles. The first kappa shape index (κ1) is 21.3. The lowest BCUT2D eigenvalue weighted by molar-refractivity contribution is -0.00154. The smallest absolute Gasteiger partial charge is 0.191 e. The Kier molecular flexibility index (Phi) is 10.0. The molecule has 2 atom stereocenters. The van der Waals surface area contributed by atoms with Crippen LogP contribution in [-0.4, -0.2) is 42.8 Å². The molecule has 0 fully saturated rings. The van der Waals surface area contributed by atoms with E-state index in [9.17, 15) is 9.90 Å². The lowest BCUT2D eigenvalue weighted by Crippen LogP contribution is -2.35. The summed E-state index contributed by atoms with van der Waals surface area (Å²) in [6.07, 6.45) is -0.749. The average molecular weight is 364 g/mol. The minimum atomic E-state index is -0.633. The number of carbonyl (C=O) groups is 1. The van der Waals surface area contributed by atoms with Gasteiger partial charge in [0.2, 0.25) is 0 Å². The van der Waals surface area contributed by atoms with E-state index in [0.717, 1.165) is 12.1 Å². The average Bonchev–Trinajstić information content (AvgIpc) is 2.64. The fourth-order valence-corrected chi connectivity index (χ4v) is 2.44. The number of benzene rings is 2. The van der Waals surface area contributed by atoms with Crippen molar-refractivity contribution >= 4 is 18.2 Å². The van der Waals surface area contributed by atoms with Crippen LogP contribution in [0.3, 0.4) is 0 Å². The highest BCUT2D eigenvalue weighted by molar-refractivity contribution is 5.99. The van der Waals surface area contributed by atoms with Gasteiger partial charge in [0.05, 0.1) is 12.7 Å². The maximum atomic E-state index is 12.8. The highest BCUT2D eigenvalue weighted by atomic mass is 35.5. The van der Waals surface area contributed by atoms with Crippen LogP contribution in [0.1, 0.15) is 22.8 Å². The van der Waals surface area contributed by atoms with Crippen LogP contribution < -0.4 is 5.32 Å². The molecule has 5 heteroatoms. The second-order valence-electron chi connectivity index (χ2n) is 5.70. The van der Waals surface area contributed by atoms with Crippen LogP contribution in [0.2, 0.25) is 0 Å². The molecule has 0 spiro atoms. The van der Waals surface area contributed by atoms with Gasteiger partial charge in [0.1, 0.15) is 6.10 Å². The maximum absolute atomic E-state index is 12.8. The summed E-state index contributed by atoms with van der Waals surface area (Å²) in [4.78, 5) is 12.8. The summed E-state index contributed by atoms with van der Waals surface area (Å²) in [5.41, 5.74) is 1.66. The summed E-state index contributed by atoms with van der Waals surface area (Å²) in [6, 6.07) is 18.9. The molecule has 25 heavy (non-hydrogen) atoms. The molecule has 2 aromatic carbocycles. The van der Waals surface area contributed by atoms with Crippen molar-refractivity contribution < 1.29 is 14.6 Å². The zero-order chi connectivity index (χ0) is 17.2. The number of halogens is 1. The molecular weight excluding hydrogens is 338 g/mol. The lowest BCUT2D eigenvalue weighted by Gasteiger charge is -2.19. The fraction of sp³-hybridized carbons (Fsp3) is 0.350. The van der Waals surface area contributed by atoms with Gasteiger partial charge < -0.3 is 15.2 Å². The van der Waals surface area contributed by atoms with Gasteiger partial charge >= 0.3 is 0 Å². The SMILES string of the molecule is CCNCC(O)COC(Cc1ccccc1)C(=O)c1ccccc1.Cl. The Labute approximate surface area is 155 Å². The molecule has 0 saturated heterocycles. The monoisotopic (exact) mass is 363 g/mol. The molecule has 136 valence electrons. The first-order valence-electron chi connectivity index (χ1n) is 8.34. The second kappa shape index (κ2) is 11.8. The maximum Gasteiger partial charge on any atom is 0.191 e. The molecule has 4 nitrogen and oxygen atoms in total. The van der Waals surface area contributed by atoms with Gasteiger partial charge in [0, 0.05) is 18.5 Å². The third kappa shape index (κ3) is 7.36. The van der Waals surface area contributed by atoms with E-state index in [-0.39, 0.29) is 24.8 Å². The number of Topliss-reactive ketones (excluding diaryl/α,β-unsaturated/α-hetero) is 1. The number of aliphatic hydroxyl groups excluding tert-OH is 1. The molecule has 0 aliphatic heterocycles. The Morgan fingerprint density at radius 2 is 1.68 bits per heavy atom. The Morgan fingerprint density at radius 1 is 1.08 bits per heavy atom. The van der Waals surface area contributed by atoms with Crippen molar-refractivity contribution in [3.05, 3.63) is 71.8 Å². The summed E-state index contributed by atoms with van der Waals surface area (Å²) in [5.74, 6) is -0.0601. The summed E-state index contributed by atoms with van der Waals surface area (Å²) in [6.45, 7) is 3.34. The molecule has 2 aromatic rings. The van der Waals surface area contributed by atoms with Crippen molar-refractivity contribution in [3.8, 4) is 0 Å². The third-order valence-corrected chi connectivity index (χ3v) is 3.73. The van der Waals surface area contributed by atoms with Gasteiger partial charge in [0.15, 0.2) is 5.78 Å². The number of ketones is 1. The number of hydrogen-bond acceptors (Lipinski definition) is 4. The first-order valence-corrected chi connectivity index (χ1v) is 8.34. The van der Waals surface area contributed by atoms with Crippen molar-refractivity contribution in [2.45, 2.75) is 25.6 Å². The van der Waals surface area contributed by atoms with Gasteiger partial charge in [-0.05, 0) is 12.1 Å². The standard InChI is InChI=1S/C20H25NO3.ClH/c1-2-21-14-18(22)15-24-19(13-16-9-5-3-6-10-16)20(23)17-11-7-4-8-12-17;/h3-12,18-19,21-22H,2,13-15H2,1H3;1H. The van der Waals surface area contributed by atoms with E-state index >= 15 is 0 Å². The summed E-state index contributed by atoms with van der Waals surface area (Å²) < 4.78 is 5.78. The van der Waals surface area contributed by atoms with E-state index < -0.39 is 12.2 Å². The van der Waals surface area contributed by atoms with Crippen molar-refractivity contribution in [3.63, 3.8) is 0 Å². The molecule has 2 rings (SSSR count). The van der Waals surface area contributed by atoms with E-state index in [1.54, 1.807) is 12.1 Å². The van der Waals surface area contributed by atoms with Gasteiger partial charge in [-0.1, -0.05) is 67.6 Å². The van der Waals surface area contributed by atoms with Crippen LogP contribution in [0.25, 0.3) is 0 Å². The third-order valence-electron chi connectivity index (χ3n) is 3.73. The topological polar surface area (TPSA) is 58.6 Å². The number of hydrogen-bond donors (Lipinski definition) is 2. The van der Waals surface area contributed by atoms with Crippen LogP contribution in [0.15, 0.2) is 60.7 Å². The zero-order valence-corrected chi connectivity index (χ0v) is 15.2. The van der Waals surface area contributed by atoms with Crippen molar-refractivity contribution in [2.75, 3.05) is 19.7 Å². The number of likely N-dealkylation sites (N-methyl/N-ethyl adjacent to an activating group) is 1. The summed E-state index contributed by atoms with van der Waals surface area (Å²) in [7, 11) is 0. The molecule has 0 aromatic heterocycles. The molecule has 2 N–H and O–H groups in total. The summed E-state index contributed by atoms with van der Waals surface area (Å²) >= 11 is 0. The molecule has 0 saturated carbocycles. The van der Waals surface area contributed by atoms with Crippen LogP contribution in [-0.2, 0) is 11.2 Å². The molecule has 0 bridgehead atoms. The van der Waals surface area contributed by atoms with Crippen LogP contribution >= 0.6 is 12.4 Å². The first-order chi connectivity index (χ1) is 11.7. The van der Waals surface area contributed by atoms with Crippen molar-refractivity contribution in [1.29, 1.82) is 0 Å². The lowest BCUT2D eigenvalue weighted by atomic mass is 10.00.